The lowest BCUT2D eigenvalue weighted by Crippen LogP contribution is -2.53. The molecule has 0 fully saturated rings. The van der Waals surface area contributed by atoms with Crippen molar-refractivity contribution in [3.05, 3.63) is 40.4 Å². The largest absolute Gasteiger partial charge is 0.357 e. The average Bonchev–Trinajstić information content (AvgIpc) is 2.92. The third-order valence-electron chi connectivity index (χ3n) is 5.45. The molecule has 0 saturated carbocycles. The fourth-order valence-corrected chi connectivity index (χ4v) is 4.00. The molecule has 3 rings (SSSR count). The second kappa shape index (κ2) is 8.96. The van der Waals surface area contributed by atoms with Crippen molar-refractivity contribution in [1.29, 1.82) is 0 Å². The van der Waals surface area contributed by atoms with Crippen LogP contribution >= 0.6 is 11.6 Å². The maximum Gasteiger partial charge on any atom is 0.272 e. The molecular weight excluding hydrogens is 421 g/mol. The predicted molar refractivity (Wildman–Crippen MR) is 118 cm³/mol. The van der Waals surface area contributed by atoms with Crippen molar-refractivity contribution in [1.82, 2.24) is 25.1 Å². The summed E-state index contributed by atoms with van der Waals surface area (Å²) in [5.41, 5.74) is 0.877. The SMILES string of the molecule is CNC(=O)[C@@H](NC(=O)c1nc(-c2cc(F)ccc2Cl)n2c1CN(C)CCC2)C(C)(C)C. The zero-order valence-corrected chi connectivity index (χ0v) is 19.3. The number of nitrogens with one attached hydrogen (secondary N) is 2. The number of fused-ring (bicyclic) bond motifs is 1. The number of aromatic nitrogens is 2. The van der Waals surface area contributed by atoms with E-state index >= 15 is 0 Å². The van der Waals surface area contributed by atoms with Crippen LogP contribution in [0.15, 0.2) is 18.2 Å². The molecule has 1 aromatic carbocycles. The number of amides is 2. The van der Waals surface area contributed by atoms with Gasteiger partial charge < -0.3 is 20.1 Å². The Morgan fingerprint density at radius 1 is 1.26 bits per heavy atom. The van der Waals surface area contributed by atoms with Gasteiger partial charge in [0.2, 0.25) is 5.91 Å². The highest BCUT2D eigenvalue weighted by Crippen LogP contribution is 2.32. The van der Waals surface area contributed by atoms with Gasteiger partial charge in [0.1, 0.15) is 17.7 Å². The molecule has 2 N–H and O–H groups in total. The highest BCUT2D eigenvalue weighted by molar-refractivity contribution is 6.33. The lowest BCUT2D eigenvalue weighted by atomic mass is 9.86. The van der Waals surface area contributed by atoms with Crippen molar-refractivity contribution in [3.8, 4) is 11.4 Å². The normalized spacial score (nSPS) is 15.7. The zero-order chi connectivity index (χ0) is 22.9. The maximum atomic E-state index is 14.0. The van der Waals surface area contributed by atoms with Crippen LogP contribution in [0, 0.1) is 11.2 Å². The van der Waals surface area contributed by atoms with Gasteiger partial charge in [-0.2, -0.15) is 0 Å². The van der Waals surface area contributed by atoms with Crippen LogP contribution in [0.4, 0.5) is 4.39 Å². The first kappa shape index (κ1) is 23.2. The van der Waals surface area contributed by atoms with E-state index in [0.717, 1.165) is 18.7 Å². The molecule has 0 bridgehead atoms. The van der Waals surface area contributed by atoms with Crippen LogP contribution in [-0.4, -0.2) is 52.9 Å². The van der Waals surface area contributed by atoms with Gasteiger partial charge in [-0.3, -0.25) is 9.59 Å². The van der Waals surface area contributed by atoms with Crippen LogP contribution in [0.3, 0.4) is 0 Å². The fraction of sp³-hybridized carbons (Fsp3) is 0.500. The summed E-state index contributed by atoms with van der Waals surface area (Å²) in [7, 11) is 3.51. The molecule has 31 heavy (non-hydrogen) atoms. The summed E-state index contributed by atoms with van der Waals surface area (Å²) >= 11 is 6.35. The van der Waals surface area contributed by atoms with E-state index in [2.05, 4.69) is 20.5 Å². The number of likely N-dealkylation sites (N-methyl/N-ethyl adjacent to an activating group) is 1. The van der Waals surface area contributed by atoms with Crippen molar-refractivity contribution in [3.63, 3.8) is 0 Å². The number of rotatable bonds is 4. The maximum absolute atomic E-state index is 14.0. The molecular formula is C22H29ClFN5O2. The molecule has 0 aliphatic carbocycles. The molecule has 0 radical (unpaired) electrons. The second-order valence-corrected chi connectivity index (χ2v) is 9.39. The minimum Gasteiger partial charge on any atom is -0.357 e. The Bertz CT molecular complexity index is 999. The second-order valence-electron chi connectivity index (χ2n) is 8.98. The van der Waals surface area contributed by atoms with Crippen LogP contribution < -0.4 is 10.6 Å². The van der Waals surface area contributed by atoms with Crippen LogP contribution in [0.1, 0.15) is 43.4 Å². The summed E-state index contributed by atoms with van der Waals surface area (Å²) in [6.07, 6.45) is 0.851. The molecule has 168 valence electrons. The fourth-order valence-electron chi connectivity index (χ4n) is 3.80. The Hall–Kier alpha value is -2.45. The van der Waals surface area contributed by atoms with Gasteiger partial charge in [0, 0.05) is 25.7 Å². The molecule has 9 heteroatoms. The molecule has 2 heterocycles. The first-order chi connectivity index (χ1) is 14.5. The summed E-state index contributed by atoms with van der Waals surface area (Å²) in [6, 6.07) is 3.36. The Morgan fingerprint density at radius 2 is 1.97 bits per heavy atom. The Kier molecular flexibility index (Phi) is 6.71. The van der Waals surface area contributed by atoms with Gasteiger partial charge in [-0.05, 0) is 43.6 Å². The molecule has 2 amide bonds. The first-order valence-corrected chi connectivity index (χ1v) is 10.7. The van der Waals surface area contributed by atoms with Crippen molar-refractivity contribution < 1.29 is 14.0 Å². The summed E-state index contributed by atoms with van der Waals surface area (Å²) < 4.78 is 15.9. The van der Waals surface area contributed by atoms with Crippen LogP contribution in [0.5, 0.6) is 0 Å². The molecule has 1 aliphatic rings. The summed E-state index contributed by atoms with van der Waals surface area (Å²) in [4.78, 5) is 32.4. The predicted octanol–water partition coefficient (Wildman–Crippen LogP) is 3.07. The quantitative estimate of drug-likeness (QED) is 0.751. The van der Waals surface area contributed by atoms with Gasteiger partial charge in [0.05, 0.1) is 10.7 Å². The minimum absolute atomic E-state index is 0.224. The third kappa shape index (κ3) is 4.91. The smallest absolute Gasteiger partial charge is 0.272 e. The van der Waals surface area contributed by atoms with E-state index in [0.29, 0.717) is 29.5 Å². The van der Waals surface area contributed by atoms with Gasteiger partial charge in [-0.25, -0.2) is 9.37 Å². The van der Waals surface area contributed by atoms with Gasteiger partial charge in [-0.15, -0.1) is 0 Å². The molecule has 0 unspecified atom stereocenters. The van der Waals surface area contributed by atoms with E-state index in [9.17, 15) is 14.0 Å². The molecule has 1 aliphatic heterocycles. The molecule has 7 nitrogen and oxygen atoms in total. The first-order valence-electron chi connectivity index (χ1n) is 10.3. The Labute approximate surface area is 187 Å². The Morgan fingerprint density at radius 3 is 2.61 bits per heavy atom. The van der Waals surface area contributed by atoms with Crippen molar-refractivity contribution >= 4 is 23.4 Å². The topological polar surface area (TPSA) is 79.3 Å². The lowest BCUT2D eigenvalue weighted by molar-refractivity contribution is -0.124. The van der Waals surface area contributed by atoms with Gasteiger partial charge in [-0.1, -0.05) is 32.4 Å². The number of hydrogen-bond acceptors (Lipinski definition) is 4. The lowest BCUT2D eigenvalue weighted by Gasteiger charge is -2.29. The Balaban J connectivity index is 2.10. The van der Waals surface area contributed by atoms with Gasteiger partial charge >= 0.3 is 0 Å². The number of halogens is 2. The molecule has 0 spiro atoms. The standard InChI is InChI=1S/C22H29ClFN5O2/c1-22(2,3)18(21(31)25-4)27-20(30)17-16-12-28(5)9-6-10-29(16)19(26-17)14-11-13(24)7-8-15(14)23/h7-8,11,18H,6,9-10,12H2,1-5H3,(H,25,31)(H,27,30)/t18-/m1/s1. The minimum atomic E-state index is -0.743. The molecule has 1 atom stereocenters. The number of carbonyl (C=O) groups excluding carboxylic acids is 2. The van der Waals surface area contributed by atoms with E-state index in [-0.39, 0.29) is 11.6 Å². The van der Waals surface area contributed by atoms with E-state index in [1.54, 1.807) is 0 Å². The monoisotopic (exact) mass is 449 g/mol. The van der Waals surface area contributed by atoms with E-state index < -0.39 is 23.2 Å². The summed E-state index contributed by atoms with van der Waals surface area (Å²) in [5.74, 6) is -0.703. The van der Waals surface area contributed by atoms with Crippen LogP contribution in [0.25, 0.3) is 11.4 Å². The highest BCUT2D eigenvalue weighted by atomic mass is 35.5. The number of imidazole rings is 1. The van der Waals surface area contributed by atoms with Crippen molar-refractivity contribution in [2.45, 2.75) is 46.3 Å². The zero-order valence-electron chi connectivity index (χ0n) is 18.6. The van der Waals surface area contributed by atoms with E-state index in [4.69, 9.17) is 11.6 Å². The van der Waals surface area contributed by atoms with E-state index in [1.165, 1.54) is 25.2 Å². The molecule has 1 aromatic heterocycles. The third-order valence-corrected chi connectivity index (χ3v) is 5.78. The number of nitrogens with zero attached hydrogens (tertiary/aromatic N) is 3. The molecule has 2 aromatic rings. The van der Waals surface area contributed by atoms with Crippen molar-refractivity contribution in [2.75, 3.05) is 20.6 Å². The average molecular weight is 450 g/mol. The van der Waals surface area contributed by atoms with Gasteiger partial charge in [0.15, 0.2) is 5.69 Å². The van der Waals surface area contributed by atoms with Gasteiger partial charge in [0.25, 0.3) is 5.91 Å². The molecule has 0 saturated heterocycles. The van der Waals surface area contributed by atoms with Crippen LogP contribution in [-0.2, 0) is 17.9 Å². The van der Waals surface area contributed by atoms with Crippen LogP contribution in [0.2, 0.25) is 5.02 Å². The number of carbonyl (C=O) groups is 2. The summed E-state index contributed by atoms with van der Waals surface area (Å²) in [6.45, 7) is 7.62. The van der Waals surface area contributed by atoms with E-state index in [1.807, 2.05) is 32.4 Å². The number of benzene rings is 1. The summed E-state index contributed by atoms with van der Waals surface area (Å²) in [5, 5.41) is 5.81. The van der Waals surface area contributed by atoms with Crippen molar-refractivity contribution in [2.24, 2.45) is 5.41 Å². The number of hydrogen-bond donors (Lipinski definition) is 2. The highest BCUT2D eigenvalue weighted by Gasteiger charge is 2.34.